The molecule has 1 fully saturated rings. The van der Waals surface area contributed by atoms with Crippen LogP contribution in [0.1, 0.15) is 25.8 Å². The Balaban J connectivity index is 1.88. The smallest absolute Gasteiger partial charge is 0.348 e. The molecule has 1 aromatic rings. The molecule has 1 aliphatic rings. The van der Waals surface area contributed by atoms with Crippen molar-refractivity contribution < 1.29 is 19.1 Å². The van der Waals surface area contributed by atoms with Gasteiger partial charge in [-0.05, 0) is 18.4 Å². The van der Waals surface area contributed by atoms with E-state index in [0.717, 1.165) is 5.56 Å². The lowest BCUT2D eigenvalue weighted by Crippen LogP contribution is -2.35. The van der Waals surface area contributed by atoms with Crippen molar-refractivity contribution in [3.05, 3.63) is 48.0 Å². The Kier molecular flexibility index (Phi) is 4.46. The summed E-state index contributed by atoms with van der Waals surface area (Å²) >= 11 is 0. The summed E-state index contributed by atoms with van der Waals surface area (Å²) in [7, 11) is 0. The predicted molar refractivity (Wildman–Crippen MR) is 78.5 cm³/mol. The quantitative estimate of drug-likeness (QED) is 0.617. The van der Waals surface area contributed by atoms with E-state index in [1.807, 2.05) is 44.2 Å². The largest absolute Gasteiger partial charge is 0.462 e. The monoisotopic (exact) mass is 288 g/mol. The highest BCUT2D eigenvalue weighted by Crippen LogP contribution is 2.31. The molecule has 0 aliphatic carbocycles. The van der Waals surface area contributed by atoms with Crippen LogP contribution in [0.3, 0.4) is 0 Å². The molecule has 0 amide bonds. The fraction of sp³-hybridized carbons (Fsp3) is 0.412. The van der Waals surface area contributed by atoms with Gasteiger partial charge in [0.25, 0.3) is 0 Å². The Labute approximate surface area is 124 Å². The lowest BCUT2D eigenvalue weighted by Gasteiger charge is -2.22. The number of cyclic esters (lactones) is 1. The first-order chi connectivity index (χ1) is 9.90. The van der Waals surface area contributed by atoms with Crippen LogP contribution < -0.4 is 0 Å². The molecule has 112 valence electrons. The van der Waals surface area contributed by atoms with Crippen molar-refractivity contribution in [1.82, 2.24) is 0 Å². The van der Waals surface area contributed by atoms with Crippen molar-refractivity contribution in [2.45, 2.75) is 32.8 Å². The number of benzene rings is 1. The SMILES string of the molecule is C=C(CCc1ccccc1)C(=O)O[C@H]1C(=O)OCC1(C)C. The van der Waals surface area contributed by atoms with Crippen LogP contribution in [0.15, 0.2) is 42.5 Å². The Morgan fingerprint density at radius 3 is 2.62 bits per heavy atom. The Morgan fingerprint density at radius 2 is 2.05 bits per heavy atom. The van der Waals surface area contributed by atoms with Gasteiger partial charge in [-0.3, -0.25) is 0 Å². The molecule has 0 bridgehead atoms. The van der Waals surface area contributed by atoms with E-state index in [-0.39, 0.29) is 6.61 Å². The van der Waals surface area contributed by atoms with Crippen molar-refractivity contribution >= 4 is 11.9 Å². The van der Waals surface area contributed by atoms with Gasteiger partial charge in [0.1, 0.15) is 6.61 Å². The van der Waals surface area contributed by atoms with Crippen LogP contribution in [0.5, 0.6) is 0 Å². The van der Waals surface area contributed by atoms with Gasteiger partial charge in [0.2, 0.25) is 6.10 Å². The molecule has 0 N–H and O–H groups in total. The number of rotatable bonds is 5. The molecule has 0 radical (unpaired) electrons. The van der Waals surface area contributed by atoms with E-state index in [4.69, 9.17) is 9.47 Å². The Bertz CT molecular complexity index is 545. The zero-order chi connectivity index (χ0) is 15.5. The molecule has 1 saturated heterocycles. The molecular formula is C17H20O4. The minimum atomic E-state index is -0.849. The minimum Gasteiger partial charge on any atom is -0.462 e. The lowest BCUT2D eigenvalue weighted by molar-refractivity contribution is -0.160. The van der Waals surface area contributed by atoms with Gasteiger partial charge in [-0.25, -0.2) is 9.59 Å². The highest BCUT2D eigenvalue weighted by atomic mass is 16.6. The fourth-order valence-electron chi connectivity index (χ4n) is 2.17. The van der Waals surface area contributed by atoms with Crippen molar-refractivity contribution in [3.63, 3.8) is 0 Å². The average Bonchev–Trinajstić information content (AvgIpc) is 2.72. The summed E-state index contributed by atoms with van der Waals surface area (Å²) in [5.41, 5.74) is 1.01. The van der Waals surface area contributed by atoms with Gasteiger partial charge < -0.3 is 9.47 Å². The number of hydrogen-bond acceptors (Lipinski definition) is 4. The summed E-state index contributed by atoms with van der Waals surface area (Å²) in [4.78, 5) is 23.6. The molecule has 4 nitrogen and oxygen atoms in total. The van der Waals surface area contributed by atoms with Gasteiger partial charge >= 0.3 is 11.9 Å². The minimum absolute atomic E-state index is 0.264. The highest BCUT2D eigenvalue weighted by Gasteiger charge is 2.46. The summed E-state index contributed by atoms with van der Waals surface area (Å²) in [6.45, 7) is 7.69. The Hall–Kier alpha value is -2.10. The number of ether oxygens (including phenoxy) is 2. The molecule has 1 heterocycles. The van der Waals surface area contributed by atoms with E-state index < -0.39 is 23.5 Å². The first-order valence-corrected chi connectivity index (χ1v) is 6.99. The number of aryl methyl sites for hydroxylation is 1. The summed E-state index contributed by atoms with van der Waals surface area (Å²) in [5.74, 6) is -1.01. The molecule has 1 atom stereocenters. The van der Waals surface area contributed by atoms with Gasteiger partial charge in [-0.1, -0.05) is 50.8 Å². The van der Waals surface area contributed by atoms with Gasteiger partial charge in [0.15, 0.2) is 0 Å². The normalized spacial score (nSPS) is 19.9. The van der Waals surface area contributed by atoms with Crippen LogP contribution >= 0.6 is 0 Å². The molecule has 1 aromatic carbocycles. The standard InChI is InChI=1S/C17H20O4/c1-12(9-10-13-7-5-4-6-8-13)15(18)21-14-16(19)20-11-17(14,2)3/h4-8,14H,1,9-11H2,2-3H3/t14-/m0/s1. The maximum Gasteiger partial charge on any atom is 0.348 e. The number of carbonyl (C=O) groups excluding carboxylic acids is 2. The number of hydrogen-bond donors (Lipinski definition) is 0. The molecular weight excluding hydrogens is 268 g/mol. The average molecular weight is 288 g/mol. The van der Waals surface area contributed by atoms with Crippen LogP contribution in [0.25, 0.3) is 0 Å². The van der Waals surface area contributed by atoms with E-state index in [1.165, 1.54) is 0 Å². The summed E-state index contributed by atoms with van der Waals surface area (Å²) in [6, 6.07) is 9.84. The summed E-state index contributed by atoms with van der Waals surface area (Å²) in [6.07, 6.45) is 0.372. The second-order valence-corrected chi connectivity index (χ2v) is 5.97. The summed E-state index contributed by atoms with van der Waals surface area (Å²) in [5, 5.41) is 0. The van der Waals surface area contributed by atoms with E-state index in [9.17, 15) is 9.59 Å². The fourth-order valence-corrected chi connectivity index (χ4v) is 2.17. The lowest BCUT2D eigenvalue weighted by atomic mass is 9.90. The molecule has 21 heavy (non-hydrogen) atoms. The van der Waals surface area contributed by atoms with Gasteiger partial charge in [0, 0.05) is 11.0 Å². The third-order valence-electron chi connectivity index (χ3n) is 3.58. The predicted octanol–water partition coefficient (Wildman–Crippen LogP) is 2.67. The third-order valence-corrected chi connectivity index (χ3v) is 3.58. The second kappa shape index (κ2) is 6.12. The van der Waals surface area contributed by atoms with Crippen LogP contribution in [0, 0.1) is 5.41 Å². The van der Waals surface area contributed by atoms with Crippen molar-refractivity contribution in [2.24, 2.45) is 5.41 Å². The topological polar surface area (TPSA) is 52.6 Å². The van der Waals surface area contributed by atoms with Crippen molar-refractivity contribution in [3.8, 4) is 0 Å². The zero-order valence-corrected chi connectivity index (χ0v) is 12.4. The van der Waals surface area contributed by atoms with Crippen LogP contribution in [0.4, 0.5) is 0 Å². The highest BCUT2D eigenvalue weighted by molar-refractivity contribution is 5.90. The molecule has 0 aromatic heterocycles. The zero-order valence-electron chi connectivity index (χ0n) is 12.4. The van der Waals surface area contributed by atoms with Gasteiger partial charge in [0.05, 0.1) is 0 Å². The molecule has 0 spiro atoms. The Morgan fingerprint density at radius 1 is 1.38 bits per heavy atom. The molecule has 0 saturated carbocycles. The first kappa shape index (κ1) is 15.3. The van der Waals surface area contributed by atoms with Crippen LogP contribution in [0.2, 0.25) is 0 Å². The van der Waals surface area contributed by atoms with Gasteiger partial charge in [-0.15, -0.1) is 0 Å². The van der Waals surface area contributed by atoms with E-state index in [1.54, 1.807) is 0 Å². The molecule has 2 rings (SSSR count). The molecule has 1 aliphatic heterocycles. The summed E-state index contributed by atoms with van der Waals surface area (Å²) < 4.78 is 10.2. The van der Waals surface area contributed by atoms with Crippen LogP contribution in [-0.2, 0) is 25.5 Å². The first-order valence-electron chi connectivity index (χ1n) is 6.99. The van der Waals surface area contributed by atoms with E-state index in [0.29, 0.717) is 18.4 Å². The third kappa shape index (κ3) is 3.72. The number of carbonyl (C=O) groups is 2. The van der Waals surface area contributed by atoms with Crippen LogP contribution in [-0.4, -0.2) is 24.6 Å². The molecule has 4 heteroatoms. The van der Waals surface area contributed by atoms with E-state index in [2.05, 4.69) is 6.58 Å². The molecule has 0 unspecified atom stereocenters. The van der Waals surface area contributed by atoms with Crippen molar-refractivity contribution in [1.29, 1.82) is 0 Å². The van der Waals surface area contributed by atoms with E-state index >= 15 is 0 Å². The van der Waals surface area contributed by atoms with Gasteiger partial charge in [-0.2, -0.15) is 0 Å². The number of esters is 2. The van der Waals surface area contributed by atoms with Crippen molar-refractivity contribution in [2.75, 3.05) is 6.61 Å². The maximum atomic E-state index is 12.0. The maximum absolute atomic E-state index is 12.0. The second-order valence-electron chi connectivity index (χ2n) is 5.97.